The molecule has 0 saturated carbocycles. The number of rotatable bonds is 5. The van der Waals surface area contributed by atoms with Gasteiger partial charge in [0.1, 0.15) is 5.82 Å². The van der Waals surface area contributed by atoms with Gasteiger partial charge in [-0.05, 0) is 31.2 Å². The number of esters is 1. The standard InChI is InChI=1S/C17H15ClFNO4/c1-11(17(22)23-2)20(16(21)12-6-4-3-5-7-12)24-13-8-9-15(19)14(18)10-13/h3-11H,1-2H3. The van der Waals surface area contributed by atoms with E-state index >= 15 is 0 Å². The van der Waals surface area contributed by atoms with Gasteiger partial charge in [0.05, 0.1) is 12.1 Å². The third kappa shape index (κ3) is 4.02. The molecule has 0 aromatic heterocycles. The molecule has 0 heterocycles. The summed E-state index contributed by atoms with van der Waals surface area (Å²) in [5, 5.41) is 0.704. The van der Waals surface area contributed by atoms with Crippen molar-refractivity contribution in [2.45, 2.75) is 13.0 Å². The molecule has 0 aliphatic carbocycles. The number of ether oxygens (including phenoxy) is 1. The number of hydroxylamine groups is 2. The molecule has 0 radical (unpaired) electrons. The molecule has 0 aliphatic heterocycles. The summed E-state index contributed by atoms with van der Waals surface area (Å²) >= 11 is 5.71. The van der Waals surface area contributed by atoms with E-state index in [0.29, 0.717) is 5.56 Å². The Morgan fingerprint density at radius 1 is 1.17 bits per heavy atom. The van der Waals surface area contributed by atoms with Gasteiger partial charge < -0.3 is 9.57 Å². The second kappa shape index (κ2) is 7.79. The lowest BCUT2D eigenvalue weighted by molar-refractivity contribution is -0.155. The van der Waals surface area contributed by atoms with Crippen molar-refractivity contribution in [2.75, 3.05) is 7.11 Å². The van der Waals surface area contributed by atoms with Crippen LogP contribution in [0.25, 0.3) is 0 Å². The first-order chi connectivity index (χ1) is 11.4. The first-order valence-corrected chi connectivity index (χ1v) is 7.41. The molecule has 0 fully saturated rings. The number of carbonyl (C=O) groups is 2. The van der Waals surface area contributed by atoms with E-state index in [0.717, 1.165) is 11.1 Å². The minimum absolute atomic E-state index is 0.112. The van der Waals surface area contributed by atoms with Crippen LogP contribution in [0.5, 0.6) is 5.75 Å². The Bertz CT molecular complexity index is 739. The highest BCUT2D eigenvalue weighted by molar-refractivity contribution is 6.30. The Hall–Kier alpha value is -2.60. The Labute approximate surface area is 143 Å². The highest BCUT2D eigenvalue weighted by Crippen LogP contribution is 2.23. The Kier molecular flexibility index (Phi) is 5.76. The maximum atomic E-state index is 13.3. The monoisotopic (exact) mass is 351 g/mol. The molecule has 0 bridgehead atoms. The van der Waals surface area contributed by atoms with E-state index in [-0.39, 0.29) is 10.8 Å². The van der Waals surface area contributed by atoms with Crippen molar-refractivity contribution in [1.82, 2.24) is 5.06 Å². The fourth-order valence-corrected chi connectivity index (χ4v) is 2.09. The summed E-state index contributed by atoms with van der Waals surface area (Å²) in [5.41, 5.74) is 0.321. The van der Waals surface area contributed by atoms with Crippen LogP contribution in [0.1, 0.15) is 17.3 Å². The molecular weight excluding hydrogens is 337 g/mol. The summed E-state index contributed by atoms with van der Waals surface area (Å²) < 4.78 is 17.9. The lowest BCUT2D eigenvalue weighted by atomic mass is 10.2. The van der Waals surface area contributed by atoms with Gasteiger partial charge in [-0.15, -0.1) is 0 Å². The van der Waals surface area contributed by atoms with Crippen molar-refractivity contribution < 1.29 is 23.6 Å². The summed E-state index contributed by atoms with van der Waals surface area (Å²) in [6.45, 7) is 1.46. The van der Waals surface area contributed by atoms with Crippen LogP contribution >= 0.6 is 11.6 Å². The highest BCUT2D eigenvalue weighted by atomic mass is 35.5. The van der Waals surface area contributed by atoms with Crippen LogP contribution in [0.2, 0.25) is 5.02 Å². The topological polar surface area (TPSA) is 55.8 Å². The van der Waals surface area contributed by atoms with E-state index in [1.165, 1.54) is 26.2 Å². The zero-order valence-electron chi connectivity index (χ0n) is 13.0. The van der Waals surface area contributed by atoms with Gasteiger partial charge in [-0.1, -0.05) is 29.8 Å². The molecule has 0 spiro atoms. The number of amides is 1. The average molecular weight is 352 g/mol. The zero-order chi connectivity index (χ0) is 17.7. The van der Waals surface area contributed by atoms with Gasteiger partial charge in [-0.3, -0.25) is 4.79 Å². The van der Waals surface area contributed by atoms with Gasteiger partial charge in [0, 0.05) is 11.6 Å². The van der Waals surface area contributed by atoms with Gasteiger partial charge in [-0.25, -0.2) is 9.18 Å². The SMILES string of the molecule is COC(=O)C(C)N(Oc1ccc(F)c(Cl)c1)C(=O)c1ccccc1. The molecule has 1 atom stereocenters. The fourth-order valence-electron chi connectivity index (χ4n) is 1.92. The van der Waals surface area contributed by atoms with Crippen LogP contribution in [0.15, 0.2) is 48.5 Å². The van der Waals surface area contributed by atoms with Crippen molar-refractivity contribution in [3.8, 4) is 5.75 Å². The molecular formula is C17H15ClFNO4. The molecule has 126 valence electrons. The predicted molar refractivity (Wildman–Crippen MR) is 86.1 cm³/mol. The molecule has 5 nitrogen and oxygen atoms in total. The molecule has 1 unspecified atom stereocenters. The van der Waals surface area contributed by atoms with Crippen molar-refractivity contribution >= 4 is 23.5 Å². The van der Waals surface area contributed by atoms with Crippen molar-refractivity contribution in [3.63, 3.8) is 0 Å². The molecule has 2 aromatic rings. The molecule has 7 heteroatoms. The maximum Gasteiger partial charge on any atom is 0.332 e. The summed E-state index contributed by atoms with van der Waals surface area (Å²) in [6, 6.07) is 10.9. The van der Waals surface area contributed by atoms with Gasteiger partial charge in [-0.2, -0.15) is 5.06 Å². The largest absolute Gasteiger partial charge is 0.467 e. The second-order valence-corrected chi connectivity index (χ2v) is 5.27. The minimum atomic E-state index is -1.02. The first-order valence-electron chi connectivity index (χ1n) is 7.03. The normalized spacial score (nSPS) is 11.5. The molecule has 1 amide bonds. The van der Waals surface area contributed by atoms with Gasteiger partial charge in [0.2, 0.25) is 0 Å². The number of hydrogen-bond donors (Lipinski definition) is 0. The van der Waals surface area contributed by atoms with E-state index in [1.807, 2.05) is 0 Å². The minimum Gasteiger partial charge on any atom is -0.467 e. The van der Waals surface area contributed by atoms with Crippen LogP contribution in [0.4, 0.5) is 4.39 Å². The average Bonchev–Trinajstić information content (AvgIpc) is 2.61. The fraction of sp³-hybridized carbons (Fsp3) is 0.176. The Morgan fingerprint density at radius 3 is 2.42 bits per heavy atom. The van der Waals surface area contributed by atoms with Crippen molar-refractivity contribution in [2.24, 2.45) is 0 Å². The third-order valence-corrected chi connectivity index (χ3v) is 3.50. The first kappa shape index (κ1) is 17.7. The third-order valence-electron chi connectivity index (χ3n) is 3.21. The summed E-state index contributed by atoms with van der Waals surface area (Å²) in [7, 11) is 1.21. The van der Waals surface area contributed by atoms with Crippen molar-refractivity contribution in [1.29, 1.82) is 0 Å². The van der Waals surface area contributed by atoms with Gasteiger partial charge in [0.25, 0.3) is 5.91 Å². The molecule has 24 heavy (non-hydrogen) atoms. The second-order valence-electron chi connectivity index (χ2n) is 4.86. The molecule has 2 aromatic carbocycles. The van der Waals surface area contributed by atoms with Gasteiger partial charge in [0.15, 0.2) is 11.8 Å². The maximum absolute atomic E-state index is 13.3. The van der Waals surface area contributed by atoms with E-state index in [2.05, 4.69) is 4.74 Å². The van der Waals surface area contributed by atoms with Crippen LogP contribution in [-0.4, -0.2) is 30.1 Å². The highest BCUT2D eigenvalue weighted by Gasteiger charge is 2.30. The summed E-state index contributed by atoms with van der Waals surface area (Å²) in [4.78, 5) is 30.0. The van der Waals surface area contributed by atoms with Crippen LogP contribution in [-0.2, 0) is 9.53 Å². The number of nitrogens with zero attached hydrogens (tertiary/aromatic N) is 1. The number of benzene rings is 2. The molecule has 0 N–H and O–H groups in total. The molecule has 0 saturated heterocycles. The number of methoxy groups -OCH3 is 1. The number of hydrogen-bond acceptors (Lipinski definition) is 4. The molecule has 2 rings (SSSR count). The van der Waals surface area contributed by atoms with E-state index in [9.17, 15) is 14.0 Å². The van der Waals surface area contributed by atoms with E-state index in [1.54, 1.807) is 30.3 Å². The number of halogens is 2. The Morgan fingerprint density at radius 2 is 1.83 bits per heavy atom. The van der Waals surface area contributed by atoms with Crippen LogP contribution in [0.3, 0.4) is 0 Å². The van der Waals surface area contributed by atoms with Crippen LogP contribution in [0, 0.1) is 5.82 Å². The van der Waals surface area contributed by atoms with Gasteiger partial charge >= 0.3 is 5.97 Å². The number of carbonyl (C=O) groups excluding carboxylic acids is 2. The summed E-state index contributed by atoms with van der Waals surface area (Å²) in [5.74, 6) is -1.71. The summed E-state index contributed by atoms with van der Waals surface area (Å²) in [6.07, 6.45) is 0. The lowest BCUT2D eigenvalue weighted by Crippen LogP contribution is -2.46. The Balaban J connectivity index is 2.33. The quantitative estimate of drug-likeness (QED) is 0.611. The molecule has 0 aliphatic rings. The zero-order valence-corrected chi connectivity index (χ0v) is 13.8. The lowest BCUT2D eigenvalue weighted by Gasteiger charge is -2.26. The van der Waals surface area contributed by atoms with E-state index < -0.39 is 23.7 Å². The predicted octanol–water partition coefficient (Wildman–Crippen LogP) is 3.48. The van der Waals surface area contributed by atoms with Crippen LogP contribution < -0.4 is 4.84 Å². The van der Waals surface area contributed by atoms with Crippen molar-refractivity contribution in [3.05, 3.63) is 64.9 Å². The van der Waals surface area contributed by atoms with E-state index in [4.69, 9.17) is 16.4 Å². The smallest absolute Gasteiger partial charge is 0.332 e.